The van der Waals surface area contributed by atoms with Gasteiger partial charge in [0.1, 0.15) is 11.5 Å². The largest absolute Gasteiger partial charge is 0.458 e. The molecule has 2 nitrogen and oxygen atoms in total. The van der Waals surface area contributed by atoms with Gasteiger partial charge in [0.05, 0.1) is 11.4 Å². The number of hydrogen-bond acceptors (Lipinski definition) is 3. The van der Waals surface area contributed by atoms with Crippen molar-refractivity contribution >= 4 is 86.5 Å². The van der Waals surface area contributed by atoms with Crippen molar-refractivity contribution in [2.45, 2.75) is 9.79 Å². The molecule has 3 heterocycles. The minimum Gasteiger partial charge on any atom is -0.458 e. The standard InChI is InChI=1S/C54H37NOSSi2/c1-3-17-41(18-4-1)58(42-19-5-2-6-20-42)51-29-15-16-30-52(51)59(49-27-13-9-23-45(49)56-46-24-10-14-28-50(46)59)54-37-39(33-36-53(54)58)38-31-34-40(35-32-38)55-43-21-7-11-25-47(43)57-48-26-12-8-22-44(48)55/h1-37H. The lowest BCUT2D eigenvalue weighted by Crippen LogP contribution is -2.93. The third-order valence-corrected chi connectivity index (χ3v) is 24.1. The summed E-state index contributed by atoms with van der Waals surface area (Å²) in [6.07, 6.45) is 0. The van der Waals surface area contributed by atoms with Crippen LogP contribution in [0.1, 0.15) is 0 Å². The van der Waals surface area contributed by atoms with Gasteiger partial charge in [0, 0.05) is 15.5 Å². The molecule has 0 fully saturated rings. The van der Waals surface area contributed by atoms with Gasteiger partial charge in [-0.05, 0) is 101 Å². The predicted octanol–water partition coefficient (Wildman–Crippen LogP) is 8.46. The number of rotatable bonds is 4. The molecule has 9 aromatic carbocycles. The van der Waals surface area contributed by atoms with E-state index >= 15 is 0 Å². The van der Waals surface area contributed by atoms with Crippen LogP contribution in [0.15, 0.2) is 234 Å². The highest BCUT2D eigenvalue weighted by atomic mass is 32.2. The topological polar surface area (TPSA) is 12.5 Å². The second-order valence-corrected chi connectivity index (χ2v) is 24.0. The first-order valence-electron chi connectivity index (χ1n) is 20.3. The van der Waals surface area contributed by atoms with Gasteiger partial charge in [-0.25, -0.2) is 0 Å². The second kappa shape index (κ2) is 13.5. The molecule has 0 saturated heterocycles. The Labute approximate surface area is 351 Å². The second-order valence-electron chi connectivity index (χ2n) is 15.6. The van der Waals surface area contributed by atoms with Crippen molar-refractivity contribution in [2.75, 3.05) is 4.90 Å². The Morgan fingerprint density at radius 1 is 0.339 bits per heavy atom. The molecule has 0 bridgehead atoms. The molecule has 3 aliphatic rings. The highest BCUT2D eigenvalue weighted by molar-refractivity contribution is 7.99. The molecule has 5 heteroatoms. The van der Waals surface area contributed by atoms with E-state index in [1.54, 1.807) is 0 Å². The Balaban J connectivity index is 1.14. The minimum absolute atomic E-state index is 0.960. The van der Waals surface area contributed by atoms with E-state index in [0.29, 0.717) is 0 Å². The summed E-state index contributed by atoms with van der Waals surface area (Å²) < 4.78 is 6.83. The van der Waals surface area contributed by atoms with Gasteiger partial charge in [-0.15, -0.1) is 0 Å². The molecule has 278 valence electrons. The molecule has 0 aliphatic carbocycles. The zero-order valence-electron chi connectivity index (χ0n) is 32.1. The summed E-state index contributed by atoms with van der Waals surface area (Å²) in [5.74, 6) is 1.92. The smallest absolute Gasteiger partial charge is 0.188 e. The fourth-order valence-electron chi connectivity index (χ4n) is 10.3. The summed E-state index contributed by atoms with van der Waals surface area (Å²) in [7, 11) is -5.86. The highest BCUT2D eigenvalue weighted by Crippen LogP contribution is 2.51. The van der Waals surface area contributed by atoms with E-state index in [4.69, 9.17) is 4.74 Å². The Bertz CT molecular complexity index is 2950. The Morgan fingerprint density at radius 2 is 0.780 bits per heavy atom. The van der Waals surface area contributed by atoms with E-state index in [2.05, 4.69) is 229 Å². The van der Waals surface area contributed by atoms with Crippen molar-refractivity contribution in [1.82, 2.24) is 0 Å². The molecule has 0 amide bonds. The van der Waals surface area contributed by atoms with E-state index < -0.39 is 16.1 Å². The fraction of sp³-hybridized carbons (Fsp3) is 0. The lowest BCUT2D eigenvalue weighted by Gasteiger charge is -2.50. The molecule has 0 aromatic heterocycles. The van der Waals surface area contributed by atoms with Crippen molar-refractivity contribution in [3.8, 4) is 22.6 Å². The first-order chi connectivity index (χ1) is 29.3. The molecule has 59 heavy (non-hydrogen) atoms. The van der Waals surface area contributed by atoms with Crippen LogP contribution in [0.25, 0.3) is 11.1 Å². The quantitative estimate of drug-likeness (QED) is 0.166. The molecule has 0 atom stereocenters. The molecular formula is C54H37NOSSi2. The van der Waals surface area contributed by atoms with Crippen molar-refractivity contribution < 1.29 is 4.74 Å². The Morgan fingerprint density at radius 3 is 1.36 bits per heavy atom. The van der Waals surface area contributed by atoms with E-state index in [1.165, 1.54) is 73.8 Å². The van der Waals surface area contributed by atoms with Crippen molar-refractivity contribution in [2.24, 2.45) is 0 Å². The number of hydrogen-bond donors (Lipinski definition) is 0. The molecular weight excluding hydrogens is 767 g/mol. The minimum atomic E-state index is -2.99. The number of nitrogens with zero attached hydrogens (tertiary/aromatic N) is 1. The number of anilines is 3. The maximum absolute atomic E-state index is 6.83. The molecule has 0 saturated carbocycles. The zero-order chi connectivity index (χ0) is 39.0. The van der Waals surface area contributed by atoms with Gasteiger partial charge in [-0.2, -0.15) is 0 Å². The molecule has 0 unspecified atom stereocenters. The molecule has 0 N–H and O–H groups in total. The van der Waals surface area contributed by atoms with Crippen molar-refractivity contribution in [1.29, 1.82) is 0 Å². The van der Waals surface area contributed by atoms with Gasteiger partial charge >= 0.3 is 0 Å². The van der Waals surface area contributed by atoms with Gasteiger partial charge in [-0.3, -0.25) is 0 Å². The SMILES string of the molecule is c1ccc([Si]2(c3ccccc3)c3ccccc3[Si]3(c4ccccc4Oc4ccccc43)c3cc(-c4ccc(N5c6ccccc6Sc6ccccc65)cc4)ccc32)cc1. The van der Waals surface area contributed by atoms with Crippen LogP contribution in [-0.4, -0.2) is 16.1 Å². The fourth-order valence-corrected chi connectivity index (χ4v) is 23.7. The van der Waals surface area contributed by atoms with Crippen LogP contribution in [0.4, 0.5) is 17.1 Å². The average Bonchev–Trinajstić information content (AvgIpc) is 3.31. The maximum atomic E-state index is 6.83. The number of fused-ring (bicyclic) bond motifs is 10. The average molecular weight is 804 g/mol. The molecule has 9 aromatic rings. The number of ether oxygens (including phenoxy) is 1. The molecule has 1 spiro atoms. The summed E-state index contributed by atoms with van der Waals surface area (Å²) in [5, 5.41) is 11.3. The lowest BCUT2D eigenvalue weighted by molar-refractivity contribution is 0.487. The third-order valence-electron chi connectivity index (χ3n) is 12.7. The normalized spacial score (nSPS) is 14.7. The summed E-state index contributed by atoms with van der Waals surface area (Å²) in [6, 6.07) is 84.1. The van der Waals surface area contributed by atoms with E-state index in [1.807, 2.05) is 11.8 Å². The van der Waals surface area contributed by atoms with Gasteiger partial charge in [0.2, 0.25) is 0 Å². The van der Waals surface area contributed by atoms with Crippen LogP contribution in [0.2, 0.25) is 0 Å². The van der Waals surface area contributed by atoms with Crippen LogP contribution in [0, 0.1) is 0 Å². The maximum Gasteiger partial charge on any atom is 0.188 e. The van der Waals surface area contributed by atoms with E-state index in [0.717, 1.165) is 17.2 Å². The van der Waals surface area contributed by atoms with Gasteiger partial charge in [0.15, 0.2) is 16.1 Å². The summed E-state index contributed by atoms with van der Waals surface area (Å²) >= 11 is 1.84. The van der Waals surface area contributed by atoms with Crippen LogP contribution >= 0.6 is 11.8 Å². The van der Waals surface area contributed by atoms with Crippen LogP contribution in [0.5, 0.6) is 11.5 Å². The summed E-state index contributed by atoms with van der Waals surface area (Å²) in [5.41, 5.74) is 6.00. The van der Waals surface area contributed by atoms with Gasteiger partial charge < -0.3 is 9.64 Å². The van der Waals surface area contributed by atoms with Gasteiger partial charge in [-0.1, -0.05) is 188 Å². The lowest BCUT2D eigenvalue weighted by atomic mass is 10.0. The first-order valence-corrected chi connectivity index (χ1v) is 25.1. The van der Waals surface area contributed by atoms with E-state index in [-0.39, 0.29) is 0 Å². The van der Waals surface area contributed by atoms with Crippen molar-refractivity contribution in [3.63, 3.8) is 0 Å². The summed E-state index contributed by atoms with van der Waals surface area (Å²) in [4.78, 5) is 4.94. The number of benzene rings is 9. The van der Waals surface area contributed by atoms with E-state index in [9.17, 15) is 0 Å². The summed E-state index contributed by atoms with van der Waals surface area (Å²) in [6.45, 7) is 0. The van der Waals surface area contributed by atoms with Gasteiger partial charge in [0.25, 0.3) is 0 Å². The molecule has 12 rings (SSSR count). The van der Waals surface area contributed by atoms with Crippen LogP contribution in [0.3, 0.4) is 0 Å². The highest BCUT2D eigenvalue weighted by Gasteiger charge is 2.59. The molecule has 0 radical (unpaired) electrons. The molecule has 3 aliphatic heterocycles. The Hall–Kier alpha value is -6.64. The monoisotopic (exact) mass is 803 g/mol. The third kappa shape index (κ3) is 4.93. The predicted molar refractivity (Wildman–Crippen MR) is 252 cm³/mol. The van der Waals surface area contributed by atoms with Crippen LogP contribution in [-0.2, 0) is 0 Å². The van der Waals surface area contributed by atoms with Crippen molar-refractivity contribution in [3.05, 3.63) is 224 Å². The Kier molecular flexibility index (Phi) is 7.85. The van der Waals surface area contributed by atoms with Crippen LogP contribution < -0.4 is 51.1 Å². The number of para-hydroxylation sites is 4. The first kappa shape index (κ1) is 34.4. The zero-order valence-corrected chi connectivity index (χ0v) is 34.9.